The third kappa shape index (κ3) is 15400. The molecule has 0 aliphatic rings. The molecule has 5 nitrogen and oxygen atoms in total. The summed E-state index contributed by atoms with van der Waals surface area (Å²) in [5, 5.41) is 13.0. The van der Waals surface area contributed by atoms with Gasteiger partial charge in [-0.3, -0.25) is 0 Å². The molecule has 1 radical (unpaired) electrons. The van der Waals surface area contributed by atoms with Crippen molar-refractivity contribution in [2.45, 2.75) is 0 Å². The van der Waals surface area contributed by atoms with Crippen LogP contribution in [0.25, 0.3) is 0 Å². The molecular weight excluding hydrogens is 198 g/mol. The summed E-state index contributed by atoms with van der Waals surface area (Å²) >= 11 is 0. The van der Waals surface area contributed by atoms with Crippen molar-refractivity contribution in [2.75, 3.05) is 0 Å². The molecule has 0 amide bonds. The molecule has 0 aromatic rings. The predicted molar refractivity (Wildman–Crippen MR) is 17.7 cm³/mol. The van der Waals surface area contributed by atoms with Crippen LogP contribution in [0.15, 0.2) is 0 Å². The molecule has 8 heavy (non-hydrogen) atoms. The summed E-state index contributed by atoms with van der Waals surface area (Å²) in [6.07, 6.45) is 0. The first-order valence-electron chi connectivity index (χ1n) is 0.981. The van der Waals surface area contributed by atoms with Crippen LogP contribution >= 0.6 is 0 Å². The van der Waals surface area contributed by atoms with E-state index in [1.165, 1.54) is 0 Å². The third-order valence-electron chi connectivity index (χ3n) is 0. The Labute approximate surface area is 68.8 Å². The molecule has 2 N–H and O–H groups in total. The number of hydrogen-bond donors (Lipinski definition) is 1. The predicted octanol–water partition coefficient (Wildman–Crippen LogP) is -0.301. The van der Waals surface area contributed by atoms with Gasteiger partial charge in [0, 0.05) is 32.7 Å². The molecule has 45 valence electrons. The van der Waals surface area contributed by atoms with E-state index in [4.69, 9.17) is 20.0 Å². The monoisotopic (exact) mass is 200 g/mol. The van der Waals surface area contributed by atoms with Gasteiger partial charge < -0.3 is 9.90 Å². The molecule has 0 aromatic carbocycles. The molecular formula is CH2FNO4Y. The van der Waals surface area contributed by atoms with Gasteiger partial charge in [-0.1, -0.05) is 0 Å². The maximum atomic E-state index is 9.72. The molecule has 0 atom stereocenters. The fourth-order valence-electron chi connectivity index (χ4n) is 0. The molecule has 0 unspecified atom stereocenters. The van der Waals surface area contributed by atoms with Crippen LogP contribution in [-0.4, -0.2) is 21.5 Å². The maximum absolute atomic E-state index is 9.72. The van der Waals surface area contributed by atoms with Gasteiger partial charge in [-0.25, -0.2) is 10.1 Å². The number of aliphatic hydroxyl groups excluding tert-OH is 1. The smallest absolute Gasteiger partial charge is 0.279 e. The summed E-state index contributed by atoms with van der Waals surface area (Å²) in [4.78, 5) is 15.0. The average Bonchev–Trinajstić information content (AvgIpc) is 1.33. The summed E-state index contributed by atoms with van der Waals surface area (Å²) in [6.45, 7) is 0.750. The molecule has 0 saturated heterocycles. The molecule has 0 aromatic heterocycles. The van der Waals surface area contributed by atoms with Gasteiger partial charge in [0.05, 0.1) is 0 Å². The van der Waals surface area contributed by atoms with Crippen molar-refractivity contribution in [3.63, 3.8) is 0 Å². The third-order valence-corrected chi connectivity index (χ3v) is 0. The molecule has 0 heterocycles. The van der Waals surface area contributed by atoms with E-state index in [2.05, 4.69) is 0 Å². The largest absolute Gasteiger partial charge is 0.516 e. The molecule has 0 aliphatic carbocycles. The summed E-state index contributed by atoms with van der Waals surface area (Å²) in [5.41, 5.74) is 0. The van der Waals surface area contributed by atoms with E-state index in [9.17, 15) is 4.48 Å². The summed E-state index contributed by atoms with van der Waals surface area (Å²) in [5.74, 6) is 0. The van der Waals surface area contributed by atoms with Crippen molar-refractivity contribution in [3.05, 3.63) is 10.1 Å². The van der Waals surface area contributed by atoms with Gasteiger partial charge in [0.25, 0.3) is 5.15 Å². The Hall–Kier alpha value is -0.0961. The van der Waals surface area contributed by atoms with Crippen molar-refractivity contribution >= 4 is 6.47 Å². The molecule has 0 fully saturated rings. The van der Waals surface area contributed by atoms with Crippen LogP contribution in [0.4, 0.5) is 4.48 Å². The van der Waals surface area contributed by atoms with Gasteiger partial charge in [0.2, 0.25) is 0 Å². The van der Waals surface area contributed by atoms with Crippen molar-refractivity contribution < 1.29 is 52.2 Å². The number of rotatable bonds is 0. The quantitative estimate of drug-likeness (QED) is 0.191. The number of hydrogen-bond acceptors (Lipinski definition) is 2. The normalized spacial score (nSPS) is 4.62. The van der Waals surface area contributed by atoms with E-state index in [1.807, 2.05) is 0 Å². The Morgan fingerprint density at radius 1 is 1.88 bits per heavy atom. The van der Waals surface area contributed by atoms with Gasteiger partial charge in [0.15, 0.2) is 11.0 Å². The van der Waals surface area contributed by atoms with Crippen LogP contribution in [0.1, 0.15) is 0 Å². The van der Waals surface area contributed by atoms with E-state index in [1.54, 1.807) is 0 Å². The topological polar surface area (TPSA) is 84.8 Å². The summed E-state index contributed by atoms with van der Waals surface area (Å²) < 4.78 is 9.72. The number of nitrogens with zero attached hydrogens (tertiary/aromatic N) is 1. The molecule has 7 heteroatoms. The van der Waals surface area contributed by atoms with Crippen molar-refractivity contribution in [3.8, 4) is 0 Å². The first-order chi connectivity index (χ1) is 3.15. The van der Waals surface area contributed by atoms with E-state index < -0.39 is 5.15 Å². The fourth-order valence-corrected chi connectivity index (χ4v) is 0. The Bertz CT molecular complexity index is 63.1. The molecule has 0 spiro atoms. The maximum Gasteiger partial charge on any atom is 0.279 e. The molecule has 0 aliphatic heterocycles. The van der Waals surface area contributed by atoms with Gasteiger partial charge in [-0.05, 0) is 0 Å². The minimum Gasteiger partial charge on any atom is -0.516 e. The van der Waals surface area contributed by atoms with Crippen molar-refractivity contribution in [1.29, 1.82) is 0 Å². The standard InChI is InChI=1S/CH2O2.FNO2.Y/c2-1-3;1-2(3)4;/h2-3H;;. The van der Waals surface area contributed by atoms with Crippen LogP contribution in [0.2, 0.25) is 0 Å². The average molecular weight is 200 g/mol. The number of halogens is 1. The van der Waals surface area contributed by atoms with Crippen LogP contribution in [-0.2, 0) is 32.7 Å². The molecule has 0 saturated carbocycles. The van der Waals surface area contributed by atoms with E-state index in [0.717, 1.165) is 6.47 Å². The van der Waals surface area contributed by atoms with Crippen molar-refractivity contribution in [1.82, 2.24) is 0 Å². The first kappa shape index (κ1) is 15.7. The van der Waals surface area contributed by atoms with Gasteiger partial charge in [-0.15, -0.1) is 0 Å². The van der Waals surface area contributed by atoms with E-state index in [-0.39, 0.29) is 32.7 Å². The Morgan fingerprint density at radius 3 is 1.88 bits per heavy atom. The van der Waals surface area contributed by atoms with Gasteiger partial charge in [0.1, 0.15) is 0 Å². The Kier molecular flexibility index (Phi) is 30.9. The fraction of sp³-hybridized carbons (Fsp3) is 0. The van der Waals surface area contributed by atoms with Crippen LogP contribution in [0, 0.1) is 10.1 Å². The Morgan fingerprint density at radius 2 is 1.88 bits per heavy atom. The zero-order valence-electron chi connectivity index (χ0n) is 3.61. The zero-order valence-corrected chi connectivity index (χ0v) is 6.45. The SMILES string of the molecule is O=[N+]([O-])F.O[C-]=[OH+].[Y]. The first-order valence-corrected chi connectivity index (χ1v) is 0.981. The summed E-state index contributed by atoms with van der Waals surface area (Å²) in [6, 6.07) is 0. The molecule has 0 rings (SSSR count). The summed E-state index contributed by atoms with van der Waals surface area (Å²) in [7, 11) is 0. The van der Waals surface area contributed by atoms with Crippen LogP contribution in [0.5, 0.6) is 0 Å². The van der Waals surface area contributed by atoms with E-state index in [0.29, 0.717) is 0 Å². The second kappa shape index (κ2) is 15.8. The minimum absolute atomic E-state index is 0. The van der Waals surface area contributed by atoms with Gasteiger partial charge >= 0.3 is 0 Å². The second-order valence-electron chi connectivity index (χ2n) is 0.313. The van der Waals surface area contributed by atoms with E-state index >= 15 is 0 Å². The van der Waals surface area contributed by atoms with Crippen molar-refractivity contribution in [2.24, 2.45) is 0 Å². The Balaban J connectivity index is -0.0000000575. The van der Waals surface area contributed by atoms with Crippen LogP contribution < -0.4 is 0 Å². The number of nitro groups is 1. The second-order valence-corrected chi connectivity index (χ2v) is 0.313. The molecule has 0 bridgehead atoms. The van der Waals surface area contributed by atoms with Crippen LogP contribution in [0.3, 0.4) is 0 Å². The van der Waals surface area contributed by atoms with Gasteiger partial charge in [-0.2, -0.15) is 0 Å². The zero-order chi connectivity index (χ0) is 6.28. The minimum atomic E-state index is -2.00.